The van der Waals surface area contributed by atoms with Gasteiger partial charge in [-0.25, -0.2) is 14.5 Å². The summed E-state index contributed by atoms with van der Waals surface area (Å²) in [5.41, 5.74) is 7.82. The van der Waals surface area contributed by atoms with Gasteiger partial charge in [-0.2, -0.15) is 10.1 Å². The van der Waals surface area contributed by atoms with Crippen LogP contribution in [0.15, 0.2) is 42.6 Å². The van der Waals surface area contributed by atoms with E-state index in [0.717, 1.165) is 78.2 Å². The highest BCUT2D eigenvalue weighted by Gasteiger charge is 2.25. The first kappa shape index (κ1) is 26.1. The minimum absolute atomic E-state index is 0.541. The average molecular weight is 541 g/mol. The molecule has 1 saturated heterocycles. The number of carbonyl (C=O) groups is 1. The number of piperidine rings is 1. The fraction of sp³-hybridized carbons (Fsp3) is 0.400. The lowest BCUT2D eigenvalue weighted by Crippen LogP contribution is -2.42. The number of aromatic nitrogens is 4. The van der Waals surface area contributed by atoms with Gasteiger partial charge in [-0.1, -0.05) is 24.3 Å². The number of nitrogens with zero attached hydrogens (tertiary/aromatic N) is 6. The van der Waals surface area contributed by atoms with Gasteiger partial charge in [-0.3, -0.25) is 4.90 Å². The summed E-state index contributed by atoms with van der Waals surface area (Å²) in [7, 11) is 1.90. The number of rotatable bonds is 6. The highest BCUT2D eigenvalue weighted by molar-refractivity contribution is 5.90. The molecule has 3 N–H and O–H groups in total. The number of carboxylic acid groups (broad SMARTS) is 1. The molecular weight excluding hydrogens is 504 g/mol. The standard InChI is InChI=1S/C30H36N8O2/c1-19-5-4-6-20(2)26(19)33-27-25-16-31-29(34-28(25)36(3)35-27)32-24-8-7-23-18-37(12-11-22(23)15-24)17-21-9-13-38(14-10-21)30(39)40/h4-8,15-16,21H,9-14,17-18H2,1-3H3,(H,33,35)(H,39,40)(H,31,32,34). The maximum absolute atomic E-state index is 11.2. The van der Waals surface area contributed by atoms with Gasteiger partial charge < -0.3 is 20.6 Å². The molecule has 0 bridgehead atoms. The normalized spacial score (nSPS) is 16.2. The van der Waals surface area contributed by atoms with E-state index < -0.39 is 6.09 Å². The summed E-state index contributed by atoms with van der Waals surface area (Å²) >= 11 is 0. The molecule has 0 unspecified atom stereocenters. The van der Waals surface area contributed by atoms with Crippen LogP contribution in [-0.2, 0) is 20.0 Å². The summed E-state index contributed by atoms with van der Waals surface area (Å²) < 4.78 is 1.78. The van der Waals surface area contributed by atoms with Crippen LogP contribution < -0.4 is 10.6 Å². The number of para-hydroxylation sites is 1. The highest BCUT2D eigenvalue weighted by atomic mass is 16.4. The Morgan fingerprint density at radius 3 is 2.58 bits per heavy atom. The molecule has 208 valence electrons. The molecule has 0 aliphatic carbocycles. The Balaban J connectivity index is 1.12. The van der Waals surface area contributed by atoms with Crippen molar-refractivity contribution in [3.05, 3.63) is 64.8 Å². The zero-order chi connectivity index (χ0) is 27.8. The Hall–Kier alpha value is -4.18. The van der Waals surface area contributed by atoms with Crippen molar-refractivity contribution in [1.82, 2.24) is 29.5 Å². The van der Waals surface area contributed by atoms with Gasteiger partial charge in [0.05, 0.1) is 5.39 Å². The average Bonchev–Trinajstić information content (AvgIpc) is 3.25. The molecule has 2 aromatic carbocycles. The lowest BCUT2D eigenvalue weighted by molar-refractivity contribution is 0.111. The van der Waals surface area contributed by atoms with Crippen LogP contribution in [-0.4, -0.2) is 66.9 Å². The van der Waals surface area contributed by atoms with Crippen molar-refractivity contribution in [3.8, 4) is 0 Å². The number of nitrogens with one attached hydrogen (secondary N) is 2. The number of amides is 1. The molecule has 2 aliphatic rings. The molecule has 10 nitrogen and oxygen atoms in total. The number of hydrogen-bond donors (Lipinski definition) is 3. The first-order valence-corrected chi connectivity index (χ1v) is 14.0. The van der Waals surface area contributed by atoms with Gasteiger partial charge in [0.15, 0.2) is 11.5 Å². The van der Waals surface area contributed by atoms with Crippen molar-refractivity contribution >= 4 is 40.3 Å². The zero-order valence-electron chi connectivity index (χ0n) is 23.3. The third-order valence-electron chi connectivity index (χ3n) is 8.26. The lowest BCUT2D eigenvalue weighted by atomic mass is 9.94. The monoisotopic (exact) mass is 540 g/mol. The molecule has 0 saturated carbocycles. The van der Waals surface area contributed by atoms with Crippen LogP contribution in [0.1, 0.15) is 35.1 Å². The molecule has 0 atom stereocenters. The van der Waals surface area contributed by atoms with Crippen LogP contribution in [0.3, 0.4) is 0 Å². The van der Waals surface area contributed by atoms with Crippen molar-refractivity contribution in [2.75, 3.05) is 36.8 Å². The molecule has 10 heteroatoms. The Bertz CT molecular complexity index is 1540. The second-order valence-electron chi connectivity index (χ2n) is 11.1. The van der Waals surface area contributed by atoms with Crippen molar-refractivity contribution in [2.24, 2.45) is 13.0 Å². The van der Waals surface area contributed by atoms with Crippen LogP contribution in [0, 0.1) is 19.8 Å². The van der Waals surface area contributed by atoms with Crippen LogP contribution in [0.5, 0.6) is 0 Å². The highest BCUT2D eigenvalue weighted by Crippen LogP contribution is 2.30. The maximum Gasteiger partial charge on any atom is 0.407 e. The Kier molecular flexibility index (Phi) is 7.02. The van der Waals surface area contributed by atoms with E-state index >= 15 is 0 Å². The van der Waals surface area contributed by atoms with Crippen LogP contribution >= 0.6 is 0 Å². The quantitative estimate of drug-likeness (QED) is 0.305. The molecule has 1 amide bonds. The minimum Gasteiger partial charge on any atom is -0.465 e. The first-order valence-electron chi connectivity index (χ1n) is 14.0. The second-order valence-corrected chi connectivity index (χ2v) is 11.1. The van der Waals surface area contributed by atoms with Gasteiger partial charge in [0, 0.05) is 57.3 Å². The van der Waals surface area contributed by atoms with Crippen LogP contribution in [0.4, 0.5) is 27.9 Å². The SMILES string of the molecule is Cc1cccc(C)c1Nc1nn(C)c2nc(Nc3ccc4c(c3)CCN(CC3CCN(C(=O)O)CC3)C4)ncc12. The molecule has 6 rings (SSSR count). The van der Waals surface area contributed by atoms with Crippen molar-refractivity contribution < 1.29 is 9.90 Å². The fourth-order valence-electron chi connectivity index (χ4n) is 5.97. The number of anilines is 4. The van der Waals surface area contributed by atoms with Crippen molar-refractivity contribution in [2.45, 2.75) is 39.7 Å². The van der Waals surface area contributed by atoms with E-state index in [4.69, 9.17) is 4.98 Å². The molecule has 0 spiro atoms. The third kappa shape index (κ3) is 5.31. The summed E-state index contributed by atoms with van der Waals surface area (Å²) in [6.07, 6.45) is 3.92. The molecular formula is C30H36N8O2. The number of fused-ring (bicyclic) bond motifs is 2. The topological polar surface area (TPSA) is 111 Å². The first-order chi connectivity index (χ1) is 19.3. The summed E-state index contributed by atoms with van der Waals surface area (Å²) in [5, 5.41) is 21.6. The van der Waals surface area contributed by atoms with E-state index in [9.17, 15) is 9.90 Å². The number of benzene rings is 2. The maximum atomic E-state index is 11.2. The smallest absolute Gasteiger partial charge is 0.407 e. The molecule has 4 aromatic rings. The van der Waals surface area contributed by atoms with E-state index in [0.29, 0.717) is 25.0 Å². The minimum atomic E-state index is -0.796. The summed E-state index contributed by atoms with van der Waals surface area (Å²) in [5.74, 6) is 1.85. The van der Waals surface area contributed by atoms with Gasteiger partial charge >= 0.3 is 6.09 Å². The summed E-state index contributed by atoms with van der Waals surface area (Å²) in [4.78, 5) is 24.6. The van der Waals surface area contributed by atoms with Gasteiger partial charge in [0.25, 0.3) is 0 Å². The third-order valence-corrected chi connectivity index (χ3v) is 8.26. The molecule has 2 aliphatic heterocycles. The molecule has 2 aromatic heterocycles. The van der Waals surface area contributed by atoms with Gasteiger partial charge in [0.2, 0.25) is 5.95 Å². The van der Waals surface area contributed by atoms with Gasteiger partial charge in [-0.15, -0.1) is 0 Å². The lowest BCUT2D eigenvalue weighted by Gasteiger charge is -2.35. The number of likely N-dealkylation sites (tertiary alicyclic amines) is 1. The second kappa shape index (κ2) is 10.8. The summed E-state index contributed by atoms with van der Waals surface area (Å²) in [6.45, 7) is 8.45. The van der Waals surface area contributed by atoms with Crippen LogP contribution in [0.25, 0.3) is 11.0 Å². The van der Waals surface area contributed by atoms with E-state index in [1.54, 1.807) is 4.68 Å². The van der Waals surface area contributed by atoms with E-state index in [2.05, 4.69) is 75.9 Å². The largest absolute Gasteiger partial charge is 0.465 e. The van der Waals surface area contributed by atoms with Crippen LogP contribution in [0.2, 0.25) is 0 Å². The van der Waals surface area contributed by atoms with Gasteiger partial charge in [0.1, 0.15) is 0 Å². The zero-order valence-corrected chi connectivity index (χ0v) is 23.3. The van der Waals surface area contributed by atoms with Crippen molar-refractivity contribution in [1.29, 1.82) is 0 Å². The predicted molar refractivity (Wildman–Crippen MR) is 157 cm³/mol. The molecule has 1 fully saturated rings. The van der Waals surface area contributed by atoms with E-state index in [1.165, 1.54) is 16.0 Å². The van der Waals surface area contributed by atoms with E-state index in [1.807, 2.05) is 13.2 Å². The Morgan fingerprint density at radius 2 is 1.82 bits per heavy atom. The predicted octanol–water partition coefficient (Wildman–Crippen LogP) is 5.22. The Morgan fingerprint density at radius 1 is 1.05 bits per heavy atom. The molecule has 4 heterocycles. The van der Waals surface area contributed by atoms with Crippen molar-refractivity contribution in [3.63, 3.8) is 0 Å². The fourth-order valence-corrected chi connectivity index (χ4v) is 5.97. The molecule has 40 heavy (non-hydrogen) atoms. The molecule has 0 radical (unpaired) electrons. The Labute approximate surface area is 234 Å². The number of hydrogen-bond acceptors (Lipinski definition) is 7. The number of aryl methyl sites for hydroxylation is 3. The summed E-state index contributed by atoms with van der Waals surface area (Å²) in [6, 6.07) is 12.7. The van der Waals surface area contributed by atoms with E-state index in [-0.39, 0.29) is 0 Å². The van der Waals surface area contributed by atoms with Gasteiger partial charge in [-0.05, 0) is 73.4 Å².